The van der Waals surface area contributed by atoms with Gasteiger partial charge in [0.2, 0.25) is 0 Å². The lowest BCUT2D eigenvalue weighted by molar-refractivity contribution is 0.545. The van der Waals surface area contributed by atoms with Gasteiger partial charge in [-0.3, -0.25) is 0 Å². The molecule has 0 fully saturated rings. The molecule has 4 heteroatoms. The van der Waals surface area contributed by atoms with Crippen LogP contribution in [0.4, 0.5) is 18.9 Å². The van der Waals surface area contributed by atoms with E-state index in [0.717, 1.165) is 12.0 Å². The van der Waals surface area contributed by atoms with Gasteiger partial charge >= 0.3 is 0 Å². The number of aryl methyl sites for hydroxylation is 1. The number of anilines is 1. The summed E-state index contributed by atoms with van der Waals surface area (Å²) in [4.78, 5) is 0. The molecule has 0 saturated carbocycles. The zero-order chi connectivity index (χ0) is 14.7. The monoisotopic (exact) mass is 279 g/mol. The Morgan fingerprint density at radius 2 is 1.55 bits per heavy atom. The van der Waals surface area contributed by atoms with Crippen LogP contribution in [0, 0.1) is 17.5 Å². The Labute approximate surface area is 116 Å². The van der Waals surface area contributed by atoms with Gasteiger partial charge in [0.1, 0.15) is 11.5 Å². The average molecular weight is 279 g/mol. The topological polar surface area (TPSA) is 12.0 Å². The third-order valence-corrected chi connectivity index (χ3v) is 3.26. The van der Waals surface area contributed by atoms with E-state index in [4.69, 9.17) is 0 Å². The van der Waals surface area contributed by atoms with Gasteiger partial charge in [0.15, 0.2) is 11.6 Å². The molecule has 0 radical (unpaired) electrons. The maximum Gasteiger partial charge on any atom is 0.152 e. The van der Waals surface area contributed by atoms with Crippen LogP contribution < -0.4 is 5.32 Å². The summed E-state index contributed by atoms with van der Waals surface area (Å²) in [6, 6.07) is 8.83. The van der Waals surface area contributed by atoms with Gasteiger partial charge < -0.3 is 5.32 Å². The summed E-state index contributed by atoms with van der Waals surface area (Å²) in [5.74, 6) is -2.79. The van der Waals surface area contributed by atoms with E-state index >= 15 is 0 Å². The molecule has 0 bridgehead atoms. The van der Waals surface area contributed by atoms with Crippen molar-refractivity contribution >= 4 is 5.69 Å². The molecular formula is C16H16F3N. The Kier molecular flexibility index (Phi) is 4.32. The fourth-order valence-electron chi connectivity index (χ4n) is 2.02. The van der Waals surface area contributed by atoms with E-state index in [1.807, 2.05) is 24.3 Å². The van der Waals surface area contributed by atoms with Crippen molar-refractivity contribution in [1.82, 2.24) is 0 Å². The summed E-state index contributed by atoms with van der Waals surface area (Å²) in [6.45, 7) is 3.85. The molecule has 0 aromatic heterocycles. The zero-order valence-electron chi connectivity index (χ0n) is 11.4. The smallest absolute Gasteiger partial charge is 0.152 e. The molecule has 106 valence electrons. The molecule has 2 aromatic carbocycles. The van der Waals surface area contributed by atoms with Crippen molar-refractivity contribution in [2.24, 2.45) is 0 Å². The minimum atomic E-state index is -0.931. The molecule has 2 aromatic rings. The number of benzene rings is 2. The second-order valence-electron chi connectivity index (χ2n) is 4.71. The van der Waals surface area contributed by atoms with Crippen molar-refractivity contribution in [3.8, 4) is 0 Å². The third kappa shape index (κ3) is 3.13. The molecule has 1 nitrogen and oxygen atoms in total. The van der Waals surface area contributed by atoms with Gasteiger partial charge in [0.25, 0.3) is 0 Å². The molecule has 0 spiro atoms. The first-order chi connectivity index (χ1) is 9.51. The van der Waals surface area contributed by atoms with E-state index in [1.54, 1.807) is 6.92 Å². The highest BCUT2D eigenvalue weighted by atomic mass is 19.1. The minimum Gasteiger partial charge on any atom is -0.374 e. The summed E-state index contributed by atoms with van der Waals surface area (Å²) in [5, 5.41) is 2.74. The molecule has 0 aliphatic rings. The van der Waals surface area contributed by atoms with Crippen LogP contribution in [0.15, 0.2) is 36.4 Å². The summed E-state index contributed by atoms with van der Waals surface area (Å²) in [7, 11) is 0. The normalized spacial score (nSPS) is 12.2. The standard InChI is InChI=1S/C16H16F3N/c1-3-11-4-6-12(7-5-11)10(2)20-16-14(18)8-13(17)9-15(16)19/h4-10,20H,3H2,1-2H3. The van der Waals surface area contributed by atoms with E-state index in [2.05, 4.69) is 12.2 Å². The van der Waals surface area contributed by atoms with Gasteiger partial charge in [-0.15, -0.1) is 0 Å². The maximum atomic E-state index is 13.6. The maximum absolute atomic E-state index is 13.6. The van der Waals surface area contributed by atoms with Crippen molar-refractivity contribution in [3.05, 3.63) is 65.0 Å². The number of hydrogen-bond acceptors (Lipinski definition) is 1. The Morgan fingerprint density at radius 1 is 1.00 bits per heavy atom. The van der Waals surface area contributed by atoms with E-state index in [9.17, 15) is 13.2 Å². The number of rotatable bonds is 4. The van der Waals surface area contributed by atoms with Crippen molar-refractivity contribution < 1.29 is 13.2 Å². The molecule has 0 aliphatic carbocycles. The van der Waals surface area contributed by atoms with E-state index in [-0.39, 0.29) is 11.7 Å². The minimum absolute atomic E-state index is 0.282. The van der Waals surface area contributed by atoms with E-state index in [1.165, 1.54) is 5.56 Å². The zero-order valence-corrected chi connectivity index (χ0v) is 11.4. The Morgan fingerprint density at radius 3 is 2.05 bits per heavy atom. The molecule has 0 saturated heterocycles. The molecule has 0 amide bonds. The molecule has 0 aliphatic heterocycles. The molecule has 2 rings (SSSR count). The average Bonchev–Trinajstić information content (AvgIpc) is 2.42. The van der Waals surface area contributed by atoms with Crippen molar-refractivity contribution in [3.63, 3.8) is 0 Å². The summed E-state index contributed by atoms with van der Waals surface area (Å²) >= 11 is 0. The van der Waals surface area contributed by atoms with Crippen LogP contribution in [0.3, 0.4) is 0 Å². The summed E-state index contributed by atoms with van der Waals surface area (Å²) < 4.78 is 40.0. The first-order valence-electron chi connectivity index (χ1n) is 6.51. The second kappa shape index (κ2) is 5.99. The molecule has 1 N–H and O–H groups in total. The molecule has 0 heterocycles. The van der Waals surface area contributed by atoms with E-state index in [0.29, 0.717) is 12.1 Å². The fraction of sp³-hybridized carbons (Fsp3) is 0.250. The number of halogens is 3. The highest BCUT2D eigenvalue weighted by Crippen LogP contribution is 2.25. The molecule has 20 heavy (non-hydrogen) atoms. The molecular weight excluding hydrogens is 263 g/mol. The van der Waals surface area contributed by atoms with Crippen LogP contribution in [0.2, 0.25) is 0 Å². The molecule has 1 atom stereocenters. The first-order valence-corrected chi connectivity index (χ1v) is 6.51. The fourth-order valence-corrected chi connectivity index (χ4v) is 2.02. The highest BCUT2D eigenvalue weighted by Gasteiger charge is 2.14. The number of nitrogens with one attached hydrogen (secondary N) is 1. The number of hydrogen-bond donors (Lipinski definition) is 1. The van der Waals surface area contributed by atoms with Gasteiger partial charge in [-0.2, -0.15) is 0 Å². The lowest BCUT2D eigenvalue weighted by Gasteiger charge is -2.17. The first kappa shape index (κ1) is 14.4. The molecule has 1 unspecified atom stereocenters. The SMILES string of the molecule is CCc1ccc(C(C)Nc2c(F)cc(F)cc2F)cc1. The van der Waals surface area contributed by atoms with Gasteiger partial charge in [0, 0.05) is 18.2 Å². The summed E-state index contributed by atoms with van der Waals surface area (Å²) in [5.41, 5.74) is 1.80. The van der Waals surface area contributed by atoms with Gasteiger partial charge in [0.05, 0.1) is 0 Å². The van der Waals surface area contributed by atoms with Gasteiger partial charge in [-0.05, 0) is 24.5 Å². The summed E-state index contributed by atoms with van der Waals surface area (Å²) in [6.07, 6.45) is 0.934. The van der Waals surface area contributed by atoms with Gasteiger partial charge in [-0.1, -0.05) is 31.2 Å². The Hall–Kier alpha value is -1.97. The van der Waals surface area contributed by atoms with E-state index < -0.39 is 17.5 Å². The Balaban J connectivity index is 2.20. The Bertz CT molecular complexity index is 570. The van der Waals surface area contributed by atoms with Crippen LogP contribution in [-0.4, -0.2) is 0 Å². The van der Waals surface area contributed by atoms with Crippen LogP contribution in [0.1, 0.15) is 31.0 Å². The van der Waals surface area contributed by atoms with Crippen molar-refractivity contribution in [1.29, 1.82) is 0 Å². The quantitative estimate of drug-likeness (QED) is 0.844. The van der Waals surface area contributed by atoms with Crippen LogP contribution in [-0.2, 0) is 6.42 Å². The predicted octanol–water partition coefficient (Wildman–Crippen LogP) is 4.84. The third-order valence-electron chi connectivity index (χ3n) is 3.26. The highest BCUT2D eigenvalue weighted by molar-refractivity contribution is 5.48. The predicted molar refractivity (Wildman–Crippen MR) is 74.2 cm³/mol. The van der Waals surface area contributed by atoms with Crippen LogP contribution in [0.5, 0.6) is 0 Å². The van der Waals surface area contributed by atoms with Crippen LogP contribution in [0.25, 0.3) is 0 Å². The van der Waals surface area contributed by atoms with Crippen molar-refractivity contribution in [2.45, 2.75) is 26.3 Å². The van der Waals surface area contributed by atoms with Crippen molar-refractivity contribution in [2.75, 3.05) is 5.32 Å². The second-order valence-corrected chi connectivity index (χ2v) is 4.71. The van der Waals surface area contributed by atoms with Crippen LogP contribution >= 0.6 is 0 Å². The lowest BCUT2D eigenvalue weighted by atomic mass is 10.0. The largest absolute Gasteiger partial charge is 0.374 e. The lowest BCUT2D eigenvalue weighted by Crippen LogP contribution is -2.10. The van der Waals surface area contributed by atoms with Gasteiger partial charge in [-0.25, -0.2) is 13.2 Å².